The summed E-state index contributed by atoms with van der Waals surface area (Å²) in [5, 5.41) is 2.85. The third kappa shape index (κ3) is 4.21. The molecule has 3 amide bonds. The number of fused-ring (bicyclic) bond motifs is 1. The normalized spacial score (nSPS) is 15.4. The summed E-state index contributed by atoms with van der Waals surface area (Å²) in [6.07, 6.45) is 0. The number of rotatable bonds is 6. The van der Waals surface area contributed by atoms with Crippen molar-refractivity contribution >= 4 is 17.6 Å². The van der Waals surface area contributed by atoms with Gasteiger partial charge >= 0.3 is 6.03 Å². The van der Waals surface area contributed by atoms with E-state index in [9.17, 15) is 9.59 Å². The van der Waals surface area contributed by atoms with Crippen LogP contribution in [0.15, 0.2) is 42.5 Å². The molecule has 8 nitrogen and oxygen atoms in total. The van der Waals surface area contributed by atoms with Crippen molar-refractivity contribution in [2.45, 2.75) is 6.54 Å². The molecule has 0 aliphatic carbocycles. The second-order valence-electron chi connectivity index (χ2n) is 6.81. The molecule has 1 fully saturated rings. The number of ether oxygens (including phenoxy) is 3. The van der Waals surface area contributed by atoms with Crippen LogP contribution in [0.3, 0.4) is 0 Å². The Bertz CT molecular complexity index is 900. The van der Waals surface area contributed by atoms with Crippen molar-refractivity contribution in [3.05, 3.63) is 48.0 Å². The van der Waals surface area contributed by atoms with E-state index < -0.39 is 0 Å². The monoisotopic (exact) mass is 397 g/mol. The van der Waals surface area contributed by atoms with Gasteiger partial charge in [-0.15, -0.1) is 0 Å². The maximum Gasteiger partial charge on any atom is 0.325 e. The molecule has 2 aliphatic heterocycles. The molecule has 1 N–H and O–H groups in total. The SMILES string of the molecule is COc1ccc(CNC(=O)CN2CCN(c3ccc4c(c3)OCCO4)C2=O)cc1. The van der Waals surface area contributed by atoms with E-state index >= 15 is 0 Å². The van der Waals surface area contributed by atoms with Crippen LogP contribution in [-0.2, 0) is 11.3 Å². The summed E-state index contributed by atoms with van der Waals surface area (Å²) in [4.78, 5) is 28.2. The molecular weight excluding hydrogens is 374 g/mol. The van der Waals surface area contributed by atoms with E-state index in [0.29, 0.717) is 44.3 Å². The Morgan fingerprint density at radius 1 is 1.07 bits per heavy atom. The van der Waals surface area contributed by atoms with Crippen LogP contribution >= 0.6 is 0 Å². The van der Waals surface area contributed by atoms with Gasteiger partial charge in [0.05, 0.1) is 7.11 Å². The van der Waals surface area contributed by atoms with Crippen molar-refractivity contribution in [2.75, 3.05) is 44.9 Å². The van der Waals surface area contributed by atoms with Crippen LogP contribution in [0.2, 0.25) is 0 Å². The Morgan fingerprint density at radius 3 is 2.59 bits per heavy atom. The standard InChI is InChI=1S/C21H23N3O5/c1-27-17-5-2-15(3-6-17)13-22-20(25)14-23-8-9-24(21(23)26)16-4-7-18-19(12-16)29-11-10-28-18/h2-7,12H,8-11,13-14H2,1H3,(H,22,25). The third-order valence-electron chi connectivity index (χ3n) is 4.92. The lowest BCUT2D eigenvalue weighted by Crippen LogP contribution is -2.39. The fourth-order valence-corrected chi connectivity index (χ4v) is 3.34. The molecule has 152 valence electrons. The molecule has 2 aromatic carbocycles. The highest BCUT2D eigenvalue weighted by Crippen LogP contribution is 2.34. The Kier molecular flexibility index (Phi) is 5.41. The molecule has 0 bridgehead atoms. The molecular formula is C21H23N3O5. The predicted octanol–water partition coefficient (Wildman–Crippen LogP) is 2.02. The summed E-state index contributed by atoms with van der Waals surface area (Å²) in [5.41, 5.74) is 1.70. The van der Waals surface area contributed by atoms with E-state index in [2.05, 4.69) is 5.32 Å². The van der Waals surface area contributed by atoms with E-state index in [-0.39, 0.29) is 18.5 Å². The highest BCUT2D eigenvalue weighted by molar-refractivity contribution is 5.96. The summed E-state index contributed by atoms with van der Waals surface area (Å²) in [6.45, 7) is 2.44. The molecule has 1 saturated heterocycles. The largest absolute Gasteiger partial charge is 0.497 e. The smallest absolute Gasteiger partial charge is 0.325 e. The van der Waals surface area contributed by atoms with Gasteiger partial charge in [0.25, 0.3) is 0 Å². The third-order valence-corrected chi connectivity index (χ3v) is 4.92. The number of nitrogens with one attached hydrogen (secondary N) is 1. The molecule has 0 aromatic heterocycles. The van der Waals surface area contributed by atoms with Gasteiger partial charge in [-0.05, 0) is 29.8 Å². The van der Waals surface area contributed by atoms with Gasteiger partial charge in [-0.25, -0.2) is 4.79 Å². The first-order valence-corrected chi connectivity index (χ1v) is 9.50. The minimum absolute atomic E-state index is 0.0238. The van der Waals surface area contributed by atoms with Crippen molar-refractivity contribution in [3.63, 3.8) is 0 Å². The van der Waals surface area contributed by atoms with Crippen molar-refractivity contribution in [1.29, 1.82) is 0 Å². The fourth-order valence-electron chi connectivity index (χ4n) is 3.34. The highest BCUT2D eigenvalue weighted by atomic mass is 16.6. The summed E-state index contributed by atoms with van der Waals surface area (Å²) in [5.74, 6) is 1.89. The average Bonchev–Trinajstić information content (AvgIpc) is 3.12. The summed E-state index contributed by atoms with van der Waals surface area (Å²) >= 11 is 0. The molecule has 29 heavy (non-hydrogen) atoms. The van der Waals surface area contributed by atoms with Crippen LogP contribution in [-0.4, -0.2) is 56.8 Å². The van der Waals surface area contributed by atoms with E-state index in [1.807, 2.05) is 30.3 Å². The Labute approximate surface area is 168 Å². The van der Waals surface area contributed by atoms with Crippen molar-refractivity contribution < 1.29 is 23.8 Å². The number of benzene rings is 2. The van der Waals surface area contributed by atoms with Crippen molar-refractivity contribution in [1.82, 2.24) is 10.2 Å². The first-order valence-electron chi connectivity index (χ1n) is 9.50. The number of carbonyl (C=O) groups is 2. The molecule has 2 aliphatic rings. The number of hydrogen-bond acceptors (Lipinski definition) is 5. The predicted molar refractivity (Wildman–Crippen MR) is 107 cm³/mol. The van der Waals surface area contributed by atoms with Gasteiger partial charge in [0.1, 0.15) is 25.5 Å². The zero-order valence-electron chi connectivity index (χ0n) is 16.2. The van der Waals surface area contributed by atoms with Crippen LogP contribution in [0.5, 0.6) is 17.2 Å². The van der Waals surface area contributed by atoms with Gasteiger partial charge in [-0.2, -0.15) is 0 Å². The van der Waals surface area contributed by atoms with E-state index in [1.165, 1.54) is 0 Å². The fraction of sp³-hybridized carbons (Fsp3) is 0.333. The molecule has 2 heterocycles. The zero-order valence-corrected chi connectivity index (χ0v) is 16.2. The van der Waals surface area contributed by atoms with Crippen LogP contribution < -0.4 is 24.4 Å². The van der Waals surface area contributed by atoms with Gasteiger partial charge in [-0.3, -0.25) is 9.69 Å². The second-order valence-corrected chi connectivity index (χ2v) is 6.81. The lowest BCUT2D eigenvalue weighted by Gasteiger charge is -2.22. The first kappa shape index (κ1) is 18.9. The maximum absolute atomic E-state index is 12.7. The van der Waals surface area contributed by atoms with Crippen LogP contribution in [0.4, 0.5) is 10.5 Å². The van der Waals surface area contributed by atoms with Gasteiger partial charge < -0.3 is 24.4 Å². The van der Waals surface area contributed by atoms with Gasteiger partial charge in [0.15, 0.2) is 11.5 Å². The van der Waals surface area contributed by atoms with Crippen molar-refractivity contribution in [2.24, 2.45) is 0 Å². The van der Waals surface area contributed by atoms with Gasteiger partial charge in [-0.1, -0.05) is 12.1 Å². The Hall–Kier alpha value is -3.42. The summed E-state index contributed by atoms with van der Waals surface area (Å²) < 4.78 is 16.2. The minimum atomic E-state index is -0.196. The van der Waals surface area contributed by atoms with Gasteiger partial charge in [0.2, 0.25) is 5.91 Å². The van der Waals surface area contributed by atoms with Crippen molar-refractivity contribution in [3.8, 4) is 17.2 Å². The quantitative estimate of drug-likeness (QED) is 0.807. The highest BCUT2D eigenvalue weighted by Gasteiger charge is 2.31. The maximum atomic E-state index is 12.7. The number of urea groups is 1. The molecule has 0 saturated carbocycles. The van der Waals surface area contributed by atoms with Crippen LogP contribution in [0, 0.1) is 0 Å². The van der Waals surface area contributed by atoms with Gasteiger partial charge in [0, 0.05) is 31.4 Å². The van der Waals surface area contributed by atoms with Crippen LogP contribution in [0.1, 0.15) is 5.56 Å². The Morgan fingerprint density at radius 2 is 1.83 bits per heavy atom. The lowest BCUT2D eigenvalue weighted by atomic mass is 10.2. The van der Waals surface area contributed by atoms with Crippen LogP contribution in [0.25, 0.3) is 0 Å². The number of nitrogens with zero attached hydrogens (tertiary/aromatic N) is 2. The number of hydrogen-bond donors (Lipinski definition) is 1. The minimum Gasteiger partial charge on any atom is -0.497 e. The molecule has 0 radical (unpaired) electrons. The topological polar surface area (TPSA) is 80.3 Å². The molecule has 0 atom stereocenters. The number of anilines is 1. The second kappa shape index (κ2) is 8.30. The molecule has 4 rings (SSSR count). The van der Waals surface area contributed by atoms with E-state index in [4.69, 9.17) is 14.2 Å². The van der Waals surface area contributed by atoms with E-state index in [1.54, 1.807) is 29.0 Å². The zero-order chi connectivity index (χ0) is 20.2. The van der Waals surface area contributed by atoms with E-state index in [0.717, 1.165) is 17.0 Å². The number of amides is 3. The first-order chi connectivity index (χ1) is 14.1. The molecule has 8 heteroatoms. The molecule has 0 spiro atoms. The summed E-state index contributed by atoms with van der Waals surface area (Å²) in [7, 11) is 1.61. The Balaban J connectivity index is 1.32. The summed E-state index contributed by atoms with van der Waals surface area (Å²) in [6, 6.07) is 12.7. The molecule has 2 aromatic rings. The average molecular weight is 397 g/mol. The lowest BCUT2D eigenvalue weighted by molar-refractivity contribution is -0.121. The number of methoxy groups -OCH3 is 1. The molecule has 0 unspecified atom stereocenters. The number of carbonyl (C=O) groups excluding carboxylic acids is 2.